The highest BCUT2D eigenvalue weighted by Gasteiger charge is 2.22. The summed E-state index contributed by atoms with van der Waals surface area (Å²) in [6.07, 6.45) is 2.97. The van der Waals surface area contributed by atoms with Gasteiger partial charge in [-0.15, -0.1) is 12.4 Å². The number of piperidine rings is 1. The highest BCUT2D eigenvalue weighted by Crippen LogP contribution is 2.16. The monoisotopic (exact) mass is 292 g/mol. The van der Waals surface area contributed by atoms with E-state index in [4.69, 9.17) is 5.11 Å². The highest BCUT2D eigenvalue weighted by molar-refractivity contribution is 5.85. The fraction of sp³-hybridized carbons (Fsp3) is 0.846. The fourth-order valence-electron chi connectivity index (χ4n) is 2.27. The maximum atomic E-state index is 12.1. The van der Waals surface area contributed by atoms with Crippen LogP contribution < -0.4 is 0 Å². The number of carboxylic acids is 1. The second-order valence-corrected chi connectivity index (χ2v) is 5.17. The largest absolute Gasteiger partial charge is 0.480 e. The zero-order chi connectivity index (χ0) is 13.5. The summed E-state index contributed by atoms with van der Waals surface area (Å²) in [5, 5.41) is 8.80. The molecule has 0 aliphatic carbocycles. The number of aliphatic carboxylic acids is 1. The number of amides is 1. The van der Waals surface area contributed by atoms with Gasteiger partial charge in [-0.2, -0.15) is 0 Å². The third-order valence-electron chi connectivity index (χ3n) is 3.39. The average molecular weight is 293 g/mol. The zero-order valence-corrected chi connectivity index (χ0v) is 12.6. The van der Waals surface area contributed by atoms with Crippen molar-refractivity contribution < 1.29 is 14.7 Å². The molecule has 0 saturated carbocycles. The van der Waals surface area contributed by atoms with Crippen molar-refractivity contribution in [2.24, 2.45) is 5.92 Å². The van der Waals surface area contributed by atoms with Crippen molar-refractivity contribution in [2.45, 2.75) is 33.1 Å². The lowest BCUT2D eigenvalue weighted by atomic mass is 9.99. The summed E-state index contributed by atoms with van der Waals surface area (Å²) >= 11 is 0. The van der Waals surface area contributed by atoms with Crippen molar-refractivity contribution >= 4 is 24.3 Å². The Morgan fingerprint density at radius 2 is 1.84 bits per heavy atom. The topological polar surface area (TPSA) is 60.9 Å². The van der Waals surface area contributed by atoms with E-state index in [1.807, 2.05) is 11.8 Å². The lowest BCUT2D eigenvalue weighted by Gasteiger charge is -2.32. The molecule has 1 saturated heterocycles. The average Bonchev–Trinajstić information content (AvgIpc) is 2.29. The first kappa shape index (κ1) is 18.2. The molecule has 0 aromatic heterocycles. The Morgan fingerprint density at radius 3 is 2.32 bits per heavy atom. The van der Waals surface area contributed by atoms with Crippen LogP contribution >= 0.6 is 12.4 Å². The molecule has 1 aliphatic rings. The number of hydrogen-bond acceptors (Lipinski definition) is 3. The van der Waals surface area contributed by atoms with E-state index in [1.54, 1.807) is 4.90 Å². The molecule has 19 heavy (non-hydrogen) atoms. The minimum absolute atomic E-state index is 0. The van der Waals surface area contributed by atoms with Crippen LogP contribution in [0.5, 0.6) is 0 Å². The molecule has 5 nitrogen and oxygen atoms in total. The number of carboxylic acid groups (broad SMARTS) is 1. The Bertz CT molecular complexity index is 292. The van der Waals surface area contributed by atoms with Crippen molar-refractivity contribution in [3.8, 4) is 0 Å². The molecule has 1 rings (SSSR count). The molecule has 0 aromatic carbocycles. The fourth-order valence-corrected chi connectivity index (χ4v) is 2.27. The standard InChI is InChI=1S/C13H24N2O3.ClH/c1-3-6-14(10-13(17)18)9-12(16)15-7-4-11(2)5-8-15;/h11H,3-10H2,1-2H3,(H,17,18);1H. The van der Waals surface area contributed by atoms with Crippen LogP contribution in [-0.2, 0) is 9.59 Å². The second-order valence-electron chi connectivity index (χ2n) is 5.17. The van der Waals surface area contributed by atoms with Crippen LogP contribution in [0.3, 0.4) is 0 Å². The van der Waals surface area contributed by atoms with Gasteiger partial charge in [-0.25, -0.2) is 0 Å². The summed E-state index contributed by atoms with van der Waals surface area (Å²) in [6, 6.07) is 0. The first-order valence-corrected chi connectivity index (χ1v) is 6.74. The van der Waals surface area contributed by atoms with Crippen LogP contribution in [-0.4, -0.2) is 59.5 Å². The predicted molar refractivity (Wildman–Crippen MR) is 76.6 cm³/mol. The van der Waals surface area contributed by atoms with E-state index >= 15 is 0 Å². The first-order valence-electron chi connectivity index (χ1n) is 6.74. The lowest BCUT2D eigenvalue weighted by Crippen LogP contribution is -2.45. The van der Waals surface area contributed by atoms with Gasteiger partial charge in [-0.1, -0.05) is 13.8 Å². The minimum atomic E-state index is -0.872. The number of rotatable bonds is 6. The molecule has 1 amide bonds. The molecule has 1 aliphatic heterocycles. The summed E-state index contributed by atoms with van der Waals surface area (Å²) in [5.41, 5.74) is 0. The molecule has 6 heteroatoms. The SMILES string of the molecule is CCCN(CC(=O)O)CC(=O)N1CCC(C)CC1.Cl. The molecule has 112 valence electrons. The summed E-state index contributed by atoms with van der Waals surface area (Å²) in [6.45, 7) is 6.65. The third-order valence-corrected chi connectivity index (χ3v) is 3.39. The van der Waals surface area contributed by atoms with Gasteiger partial charge in [0.1, 0.15) is 0 Å². The zero-order valence-electron chi connectivity index (χ0n) is 11.8. The van der Waals surface area contributed by atoms with Gasteiger partial charge in [0.05, 0.1) is 13.1 Å². The van der Waals surface area contributed by atoms with Crippen molar-refractivity contribution in [3.05, 3.63) is 0 Å². The van der Waals surface area contributed by atoms with Gasteiger partial charge in [0, 0.05) is 13.1 Å². The summed E-state index contributed by atoms with van der Waals surface area (Å²) in [7, 11) is 0. The number of halogens is 1. The van der Waals surface area contributed by atoms with Crippen molar-refractivity contribution in [3.63, 3.8) is 0 Å². The Labute approximate surface area is 121 Å². The van der Waals surface area contributed by atoms with Crippen LogP contribution in [0.2, 0.25) is 0 Å². The Morgan fingerprint density at radius 1 is 1.26 bits per heavy atom. The van der Waals surface area contributed by atoms with Crippen LogP contribution in [0, 0.1) is 5.92 Å². The molecule has 0 radical (unpaired) electrons. The van der Waals surface area contributed by atoms with Crippen molar-refractivity contribution in [1.82, 2.24) is 9.80 Å². The lowest BCUT2D eigenvalue weighted by molar-refractivity contribution is -0.140. The molecule has 0 bridgehead atoms. The molecule has 0 spiro atoms. The van der Waals surface area contributed by atoms with Gasteiger partial charge in [0.2, 0.25) is 5.91 Å². The van der Waals surface area contributed by atoms with E-state index < -0.39 is 5.97 Å². The van der Waals surface area contributed by atoms with Crippen LogP contribution in [0.15, 0.2) is 0 Å². The van der Waals surface area contributed by atoms with Crippen LogP contribution in [0.1, 0.15) is 33.1 Å². The third kappa shape index (κ3) is 6.78. The normalized spacial score (nSPS) is 16.3. The van der Waals surface area contributed by atoms with E-state index in [1.165, 1.54) is 0 Å². The van der Waals surface area contributed by atoms with Gasteiger partial charge in [-0.3, -0.25) is 14.5 Å². The van der Waals surface area contributed by atoms with E-state index in [0.29, 0.717) is 12.5 Å². The van der Waals surface area contributed by atoms with Crippen LogP contribution in [0.25, 0.3) is 0 Å². The smallest absolute Gasteiger partial charge is 0.317 e. The Hall–Kier alpha value is -0.810. The number of hydrogen-bond donors (Lipinski definition) is 1. The summed E-state index contributed by atoms with van der Waals surface area (Å²) in [4.78, 5) is 26.4. The van der Waals surface area contributed by atoms with Gasteiger partial charge in [0.15, 0.2) is 0 Å². The molecule has 1 heterocycles. The summed E-state index contributed by atoms with van der Waals surface area (Å²) in [5.74, 6) is -0.111. The van der Waals surface area contributed by atoms with Gasteiger partial charge < -0.3 is 10.0 Å². The molecular formula is C13H25ClN2O3. The number of likely N-dealkylation sites (tertiary alicyclic amines) is 1. The molecule has 0 unspecified atom stereocenters. The molecule has 0 aromatic rings. The van der Waals surface area contributed by atoms with Gasteiger partial charge >= 0.3 is 5.97 Å². The molecule has 1 N–H and O–H groups in total. The molecule has 1 fully saturated rings. The minimum Gasteiger partial charge on any atom is -0.480 e. The maximum absolute atomic E-state index is 12.1. The van der Waals surface area contributed by atoms with Crippen molar-refractivity contribution in [1.29, 1.82) is 0 Å². The van der Waals surface area contributed by atoms with E-state index in [2.05, 4.69) is 6.92 Å². The first-order chi connectivity index (χ1) is 8.52. The van der Waals surface area contributed by atoms with Gasteiger partial charge in [0.25, 0.3) is 0 Å². The summed E-state index contributed by atoms with van der Waals surface area (Å²) < 4.78 is 0. The number of carbonyl (C=O) groups excluding carboxylic acids is 1. The number of carbonyl (C=O) groups is 2. The van der Waals surface area contributed by atoms with E-state index in [-0.39, 0.29) is 31.4 Å². The molecular weight excluding hydrogens is 268 g/mol. The van der Waals surface area contributed by atoms with E-state index in [0.717, 1.165) is 32.4 Å². The van der Waals surface area contributed by atoms with Crippen LogP contribution in [0.4, 0.5) is 0 Å². The maximum Gasteiger partial charge on any atom is 0.317 e. The van der Waals surface area contributed by atoms with Crippen molar-refractivity contribution in [2.75, 3.05) is 32.7 Å². The molecule has 0 atom stereocenters. The number of nitrogens with zero attached hydrogens (tertiary/aromatic N) is 2. The Balaban J connectivity index is 0.00000324. The van der Waals surface area contributed by atoms with E-state index in [9.17, 15) is 9.59 Å². The second kappa shape index (κ2) is 9.15. The Kier molecular flexibility index (Phi) is 8.76. The van der Waals surface area contributed by atoms with Gasteiger partial charge in [-0.05, 0) is 31.7 Å². The predicted octanol–water partition coefficient (Wildman–Crippen LogP) is 1.46. The quantitative estimate of drug-likeness (QED) is 0.805. The highest BCUT2D eigenvalue weighted by atomic mass is 35.5.